The van der Waals surface area contributed by atoms with Gasteiger partial charge >= 0.3 is 12.4 Å². The molecule has 0 aliphatic heterocycles. The first kappa shape index (κ1) is 16.6. The van der Waals surface area contributed by atoms with Crippen LogP contribution in [0.2, 0.25) is 0 Å². The molecule has 2 nitrogen and oxygen atoms in total. The summed E-state index contributed by atoms with van der Waals surface area (Å²) in [4.78, 5) is 0. The van der Waals surface area contributed by atoms with Crippen LogP contribution in [-0.4, -0.2) is 12.4 Å². The van der Waals surface area contributed by atoms with E-state index in [1.54, 1.807) is 0 Å². The van der Waals surface area contributed by atoms with Crippen molar-refractivity contribution in [1.82, 2.24) is 5.43 Å². The van der Waals surface area contributed by atoms with Gasteiger partial charge in [-0.1, -0.05) is 12.1 Å². The highest BCUT2D eigenvalue weighted by atomic mass is 19.4. The van der Waals surface area contributed by atoms with Gasteiger partial charge in [-0.05, 0) is 6.07 Å². The van der Waals surface area contributed by atoms with Gasteiger partial charge in [0.05, 0.1) is 6.04 Å². The molecule has 114 valence electrons. The van der Waals surface area contributed by atoms with Gasteiger partial charge in [0.2, 0.25) is 0 Å². The SMILES string of the molecule is NNC(c1cccc(F)c1F)C(C(F)(F)F)C(F)(F)F. The molecule has 0 amide bonds. The molecule has 1 unspecified atom stereocenters. The molecular formula is C10H8F8N2. The molecule has 0 aromatic heterocycles. The van der Waals surface area contributed by atoms with E-state index in [1.165, 1.54) is 5.43 Å². The number of hydrogen-bond donors (Lipinski definition) is 2. The Hall–Kier alpha value is -1.42. The van der Waals surface area contributed by atoms with E-state index in [1.807, 2.05) is 0 Å². The predicted molar refractivity (Wildman–Crippen MR) is 52.0 cm³/mol. The molecule has 1 aromatic rings. The summed E-state index contributed by atoms with van der Waals surface area (Å²) in [6, 6.07) is -0.775. The molecule has 0 saturated heterocycles. The van der Waals surface area contributed by atoms with Gasteiger partial charge in [0.15, 0.2) is 17.6 Å². The second-order valence-electron chi connectivity index (χ2n) is 3.85. The topological polar surface area (TPSA) is 38.0 Å². The molecule has 20 heavy (non-hydrogen) atoms. The number of alkyl halides is 6. The largest absolute Gasteiger partial charge is 0.402 e. The molecule has 0 heterocycles. The van der Waals surface area contributed by atoms with Gasteiger partial charge in [-0.2, -0.15) is 26.3 Å². The molecule has 3 N–H and O–H groups in total. The lowest BCUT2D eigenvalue weighted by Crippen LogP contribution is -2.48. The average Bonchev–Trinajstić information content (AvgIpc) is 2.26. The fourth-order valence-corrected chi connectivity index (χ4v) is 1.69. The molecule has 1 aromatic carbocycles. The van der Waals surface area contributed by atoms with Crippen LogP contribution in [0.25, 0.3) is 0 Å². The van der Waals surface area contributed by atoms with Crippen LogP contribution in [0.3, 0.4) is 0 Å². The molecule has 1 rings (SSSR count). The number of nitrogens with one attached hydrogen (secondary N) is 1. The van der Waals surface area contributed by atoms with Crippen LogP contribution in [0.4, 0.5) is 35.1 Å². The van der Waals surface area contributed by atoms with Gasteiger partial charge < -0.3 is 0 Å². The van der Waals surface area contributed by atoms with E-state index in [0.29, 0.717) is 12.1 Å². The third-order valence-corrected chi connectivity index (χ3v) is 2.53. The standard InChI is InChI=1S/C10H8F8N2/c11-5-3-1-2-4(6(5)12)7(20-19)8(9(13,14)15)10(16,17)18/h1-3,7-8,20H,19H2. The fraction of sp³-hybridized carbons (Fsp3) is 0.400. The van der Waals surface area contributed by atoms with E-state index in [2.05, 4.69) is 5.84 Å². The van der Waals surface area contributed by atoms with E-state index < -0.39 is 41.5 Å². The molecule has 1 atom stereocenters. The Balaban J connectivity index is 3.39. The maximum Gasteiger partial charge on any atom is 0.402 e. The smallest absolute Gasteiger partial charge is 0.271 e. The summed E-state index contributed by atoms with van der Waals surface area (Å²) in [7, 11) is 0. The van der Waals surface area contributed by atoms with Crippen molar-refractivity contribution in [3.8, 4) is 0 Å². The van der Waals surface area contributed by atoms with Gasteiger partial charge in [0.25, 0.3) is 0 Å². The zero-order valence-electron chi connectivity index (χ0n) is 9.49. The predicted octanol–water partition coefficient (Wildman–Crippen LogP) is 3.21. The van der Waals surface area contributed by atoms with Gasteiger partial charge in [-0.25, -0.2) is 8.78 Å². The minimum absolute atomic E-state index is 0.558. The molecular weight excluding hydrogens is 300 g/mol. The van der Waals surface area contributed by atoms with E-state index >= 15 is 0 Å². The maximum absolute atomic E-state index is 13.4. The number of halogens is 8. The number of hydrazine groups is 1. The first-order valence-electron chi connectivity index (χ1n) is 5.03. The average molecular weight is 308 g/mol. The Morgan fingerprint density at radius 2 is 1.45 bits per heavy atom. The minimum Gasteiger partial charge on any atom is -0.271 e. The first-order valence-corrected chi connectivity index (χ1v) is 5.03. The molecule has 0 fully saturated rings. The lowest BCUT2D eigenvalue weighted by atomic mass is 9.91. The van der Waals surface area contributed by atoms with Gasteiger partial charge in [0, 0.05) is 5.56 Å². The Morgan fingerprint density at radius 3 is 1.85 bits per heavy atom. The number of benzene rings is 1. The van der Waals surface area contributed by atoms with E-state index in [4.69, 9.17) is 0 Å². The van der Waals surface area contributed by atoms with Gasteiger partial charge in [0.1, 0.15) is 0 Å². The highest BCUT2D eigenvalue weighted by molar-refractivity contribution is 5.24. The van der Waals surface area contributed by atoms with E-state index in [0.717, 1.165) is 6.07 Å². The van der Waals surface area contributed by atoms with Crippen LogP contribution in [0.1, 0.15) is 11.6 Å². The summed E-state index contributed by atoms with van der Waals surface area (Å²) in [5.74, 6) is -2.70. The van der Waals surface area contributed by atoms with Crippen LogP contribution in [-0.2, 0) is 0 Å². The minimum atomic E-state index is -5.74. The Labute approximate surface area is 107 Å². The summed E-state index contributed by atoms with van der Waals surface area (Å²) in [5.41, 5.74) is 0.0929. The molecule has 0 aliphatic carbocycles. The van der Waals surface area contributed by atoms with Crippen molar-refractivity contribution in [1.29, 1.82) is 0 Å². The second-order valence-corrected chi connectivity index (χ2v) is 3.85. The van der Waals surface area contributed by atoms with Crippen molar-refractivity contribution in [2.24, 2.45) is 11.8 Å². The second kappa shape index (κ2) is 5.52. The third kappa shape index (κ3) is 3.37. The number of rotatable bonds is 3. The van der Waals surface area contributed by atoms with Crippen LogP contribution < -0.4 is 11.3 Å². The molecule has 0 spiro atoms. The Kier molecular flexibility index (Phi) is 4.59. The molecule has 10 heteroatoms. The van der Waals surface area contributed by atoms with Gasteiger partial charge in [-0.3, -0.25) is 11.3 Å². The molecule has 0 aliphatic rings. The van der Waals surface area contributed by atoms with Crippen molar-refractivity contribution >= 4 is 0 Å². The van der Waals surface area contributed by atoms with Gasteiger partial charge in [-0.15, -0.1) is 0 Å². The normalized spacial score (nSPS) is 14.7. The quantitative estimate of drug-likeness (QED) is 0.511. The van der Waals surface area contributed by atoms with Crippen LogP contribution in [0.15, 0.2) is 18.2 Å². The Morgan fingerprint density at radius 1 is 0.950 bits per heavy atom. The highest BCUT2D eigenvalue weighted by Gasteiger charge is 2.60. The monoisotopic (exact) mass is 308 g/mol. The van der Waals surface area contributed by atoms with E-state index in [9.17, 15) is 35.1 Å². The summed E-state index contributed by atoms with van der Waals surface area (Å²) < 4.78 is 102. The molecule has 0 radical (unpaired) electrons. The fourth-order valence-electron chi connectivity index (χ4n) is 1.69. The summed E-state index contributed by atoms with van der Waals surface area (Å²) in [6.07, 6.45) is -11.5. The van der Waals surface area contributed by atoms with Crippen molar-refractivity contribution in [2.45, 2.75) is 18.4 Å². The van der Waals surface area contributed by atoms with Crippen LogP contribution in [0.5, 0.6) is 0 Å². The lowest BCUT2D eigenvalue weighted by Gasteiger charge is -2.30. The highest BCUT2D eigenvalue weighted by Crippen LogP contribution is 2.46. The number of hydrogen-bond acceptors (Lipinski definition) is 2. The maximum atomic E-state index is 13.4. The Bertz CT molecular complexity index is 453. The van der Waals surface area contributed by atoms with Crippen LogP contribution in [0, 0.1) is 17.6 Å². The lowest BCUT2D eigenvalue weighted by molar-refractivity contribution is -0.293. The molecule has 0 bridgehead atoms. The number of nitrogens with two attached hydrogens (primary N) is 1. The summed E-state index contributed by atoms with van der Waals surface area (Å²) in [5, 5.41) is 0. The first-order chi connectivity index (χ1) is 9.00. The summed E-state index contributed by atoms with van der Waals surface area (Å²) in [6.45, 7) is 0. The molecule has 0 saturated carbocycles. The van der Waals surface area contributed by atoms with Crippen molar-refractivity contribution in [3.05, 3.63) is 35.4 Å². The van der Waals surface area contributed by atoms with Crippen LogP contribution >= 0.6 is 0 Å². The van der Waals surface area contributed by atoms with Crippen molar-refractivity contribution in [2.75, 3.05) is 0 Å². The summed E-state index contributed by atoms with van der Waals surface area (Å²) >= 11 is 0. The zero-order chi connectivity index (χ0) is 15.7. The van der Waals surface area contributed by atoms with Crippen molar-refractivity contribution in [3.63, 3.8) is 0 Å². The zero-order valence-corrected chi connectivity index (χ0v) is 9.49. The van der Waals surface area contributed by atoms with Crippen molar-refractivity contribution < 1.29 is 35.1 Å². The van der Waals surface area contributed by atoms with E-state index in [-0.39, 0.29) is 0 Å². The third-order valence-electron chi connectivity index (χ3n) is 2.53.